The fourth-order valence-electron chi connectivity index (χ4n) is 2.47. The van der Waals surface area contributed by atoms with Crippen molar-refractivity contribution in [2.75, 3.05) is 0 Å². The van der Waals surface area contributed by atoms with Crippen LogP contribution >= 0.6 is 0 Å². The molecular formula is C16H15N. The molecule has 2 aromatic carbocycles. The van der Waals surface area contributed by atoms with Gasteiger partial charge in [-0.1, -0.05) is 43.7 Å². The molecule has 0 bridgehead atoms. The van der Waals surface area contributed by atoms with E-state index in [-0.39, 0.29) is 0 Å². The van der Waals surface area contributed by atoms with Crippen molar-refractivity contribution in [3.63, 3.8) is 0 Å². The van der Waals surface area contributed by atoms with Crippen LogP contribution in [0.3, 0.4) is 0 Å². The Balaban J connectivity index is 2.45. The quantitative estimate of drug-likeness (QED) is 0.586. The van der Waals surface area contributed by atoms with Gasteiger partial charge < -0.3 is 0 Å². The van der Waals surface area contributed by atoms with Gasteiger partial charge in [0.15, 0.2) is 0 Å². The van der Waals surface area contributed by atoms with Gasteiger partial charge in [0.1, 0.15) is 0 Å². The van der Waals surface area contributed by atoms with E-state index >= 15 is 0 Å². The van der Waals surface area contributed by atoms with E-state index in [1.807, 2.05) is 6.20 Å². The van der Waals surface area contributed by atoms with Gasteiger partial charge in [0.25, 0.3) is 0 Å². The molecule has 0 aliphatic heterocycles. The minimum atomic E-state index is 1.11. The van der Waals surface area contributed by atoms with Crippen LogP contribution in [0.4, 0.5) is 0 Å². The van der Waals surface area contributed by atoms with Crippen LogP contribution in [0.2, 0.25) is 0 Å². The summed E-state index contributed by atoms with van der Waals surface area (Å²) in [4.78, 5) is 4.47. The van der Waals surface area contributed by atoms with Crippen LogP contribution in [0.15, 0.2) is 48.7 Å². The molecule has 0 saturated heterocycles. The second-order valence-electron chi connectivity index (χ2n) is 4.40. The molecule has 0 fully saturated rings. The monoisotopic (exact) mass is 221 g/mol. The number of hydrogen-bond acceptors (Lipinski definition) is 1. The van der Waals surface area contributed by atoms with E-state index in [9.17, 15) is 0 Å². The van der Waals surface area contributed by atoms with Crippen LogP contribution in [0.25, 0.3) is 21.7 Å². The van der Waals surface area contributed by atoms with Crippen molar-refractivity contribution in [2.24, 2.45) is 0 Å². The molecule has 0 aliphatic rings. The zero-order chi connectivity index (χ0) is 11.7. The van der Waals surface area contributed by atoms with Crippen molar-refractivity contribution < 1.29 is 0 Å². The molecule has 3 aromatic rings. The average molecular weight is 221 g/mol. The van der Waals surface area contributed by atoms with Gasteiger partial charge in [0, 0.05) is 11.6 Å². The molecule has 0 amide bonds. The first-order valence-corrected chi connectivity index (χ1v) is 6.15. The van der Waals surface area contributed by atoms with Gasteiger partial charge >= 0.3 is 0 Å². The maximum Gasteiger partial charge on any atom is 0.0711 e. The first-order chi connectivity index (χ1) is 8.40. The average Bonchev–Trinajstić information content (AvgIpc) is 2.39. The van der Waals surface area contributed by atoms with Crippen molar-refractivity contribution in [2.45, 2.75) is 19.8 Å². The van der Waals surface area contributed by atoms with Crippen LogP contribution in [-0.4, -0.2) is 4.98 Å². The van der Waals surface area contributed by atoms with Crippen LogP contribution < -0.4 is 0 Å². The normalized spacial score (nSPS) is 11.1. The molecule has 1 nitrogen and oxygen atoms in total. The van der Waals surface area contributed by atoms with E-state index in [1.165, 1.54) is 28.1 Å². The Morgan fingerprint density at radius 1 is 1.00 bits per heavy atom. The molecular weight excluding hydrogens is 206 g/mol. The zero-order valence-electron chi connectivity index (χ0n) is 9.98. The summed E-state index contributed by atoms with van der Waals surface area (Å²) in [5, 5.41) is 3.94. The third-order valence-corrected chi connectivity index (χ3v) is 3.24. The molecule has 17 heavy (non-hydrogen) atoms. The Labute approximate surface area is 101 Å². The standard InChI is InChI=1S/C16H15N/c1-2-5-13-10-11-17-15-9-8-12-6-3-4-7-14(12)16(13)15/h3-4,6-11H,2,5H2,1H3. The van der Waals surface area contributed by atoms with Crippen LogP contribution in [-0.2, 0) is 6.42 Å². The van der Waals surface area contributed by atoms with Crippen LogP contribution in [0, 0.1) is 0 Å². The topological polar surface area (TPSA) is 12.9 Å². The van der Waals surface area contributed by atoms with E-state index in [0.29, 0.717) is 0 Å². The maximum atomic E-state index is 4.47. The summed E-state index contributed by atoms with van der Waals surface area (Å²) in [6, 6.07) is 15.0. The zero-order valence-corrected chi connectivity index (χ0v) is 9.98. The Bertz CT molecular complexity index is 670. The molecule has 0 unspecified atom stereocenters. The Morgan fingerprint density at radius 2 is 1.88 bits per heavy atom. The molecule has 0 atom stereocenters. The lowest BCUT2D eigenvalue weighted by molar-refractivity contribution is 0.928. The molecule has 1 aromatic heterocycles. The van der Waals surface area contributed by atoms with Crippen molar-refractivity contribution in [1.29, 1.82) is 0 Å². The second-order valence-corrected chi connectivity index (χ2v) is 4.40. The number of rotatable bonds is 2. The minimum absolute atomic E-state index is 1.11. The van der Waals surface area contributed by atoms with E-state index in [0.717, 1.165) is 11.9 Å². The highest BCUT2D eigenvalue weighted by Gasteiger charge is 2.05. The Morgan fingerprint density at radius 3 is 2.76 bits per heavy atom. The van der Waals surface area contributed by atoms with E-state index in [2.05, 4.69) is 54.4 Å². The predicted molar refractivity (Wildman–Crippen MR) is 73.2 cm³/mol. The fraction of sp³-hybridized carbons (Fsp3) is 0.188. The van der Waals surface area contributed by atoms with Crippen LogP contribution in [0.5, 0.6) is 0 Å². The number of aromatic nitrogens is 1. The summed E-state index contributed by atoms with van der Waals surface area (Å²) in [5.41, 5.74) is 2.52. The van der Waals surface area contributed by atoms with Gasteiger partial charge in [-0.2, -0.15) is 0 Å². The van der Waals surface area contributed by atoms with Gasteiger partial charge in [0.2, 0.25) is 0 Å². The summed E-state index contributed by atoms with van der Waals surface area (Å²) < 4.78 is 0. The van der Waals surface area contributed by atoms with Crippen molar-refractivity contribution in [3.05, 3.63) is 54.2 Å². The number of benzene rings is 2. The lowest BCUT2D eigenvalue weighted by Gasteiger charge is -2.08. The summed E-state index contributed by atoms with van der Waals surface area (Å²) in [6.45, 7) is 2.22. The van der Waals surface area contributed by atoms with Gasteiger partial charge in [-0.25, -0.2) is 0 Å². The highest BCUT2D eigenvalue weighted by Crippen LogP contribution is 2.27. The Kier molecular flexibility index (Phi) is 2.52. The number of pyridine rings is 1. The number of nitrogens with zero attached hydrogens (tertiary/aromatic N) is 1. The first kappa shape index (κ1) is 10.3. The molecule has 0 aliphatic carbocycles. The predicted octanol–water partition coefficient (Wildman–Crippen LogP) is 4.34. The lowest BCUT2D eigenvalue weighted by Crippen LogP contribution is -1.89. The van der Waals surface area contributed by atoms with Crippen molar-refractivity contribution in [3.8, 4) is 0 Å². The molecule has 0 spiro atoms. The largest absolute Gasteiger partial charge is 0.256 e. The van der Waals surface area contributed by atoms with Crippen LogP contribution in [0.1, 0.15) is 18.9 Å². The molecule has 0 radical (unpaired) electrons. The fourth-order valence-corrected chi connectivity index (χ4v) is 2.47. The third-order valence-electron chi connectivity index (χ3n) is 3.24. The highest BCUT2D eigenvalue weighted by molar-refractivity contribution is 6.07. The summed E-state index contributed by atoms with van der Waals surface area (Å²) in [7, 11) is 0. The Hall–Kier alpha value is -1.89. The van der Waals surface area contributed by atoms with Gasteiger partial charge in [-0.15, -0.1) is 0 Å². The summed E-state index contributed by atoms with van der Waals surface area (Å²) in [5.74, 6) is 0. The van der Waals surface area contributed by atoms with Crippen molar-refractivity contribution in [1.82, 2.24) is 4.98 Å². The van der Waals surface area contributed by atoms with Gasteiger partial charge in [-0.3, -0.25) is 4.98 Å². The molecule has 3 rings (SSSR count). The molecule has 1 heterocycles. The smallest absolute Gasteiger partial charge is 0.0711 e. The molecule has 0 saturated carbocycles. The molecule has 1 heteroatoms. The van der Waals surface area contributed by atoms with E-state index in [4.69, 9.17) is 0 Å². The third kappa shape index (κ3) is 1.68. The highest BCUT2D eigenvalue weighted by atomic mass is 14.6. The molecule has 84 valence electrons. The summed E-state index contributed by atoms with van der Waals surface area (Å²) >= 11 is 0. The first-order valence-electron chi connectivity index (χ1n) is 6.15. The van der Waals surface area contributed by atoms with Gasteiger partial charge in [0.05, 0.1) is 5.52 Å². The minimum Gasteiger partial charge on any atom is -0.256 e. The van der Waals surface area contributed by atoms with E-state index < -0.39 is 0 Å². The van der Waals surface area contributed by atoms with Gasteiger partial charge in [-0.05, 0) is 34.9 Å². The number of hydrogen-bond donors (Lipinski definition) is 0. The number of fused-ring (bicyclic) bond motifs is 3. The maximum absolute atomic E-state index is 4.47. The lowest BCUT2D eigenvalue weighted by atomic mass is 9.99. The van der Waals surface area contributed by atoms with E-state index in [1.54, 1.807) is 0 Å². The molecule has 0 N–H and O–H groups in total. The SMILES string of the molecule is CCCc1ccnc2ccc3ccccc3c12. The number of aryl methyl sites for hydroxylation is 1. The van der Waals surface area contributed by atoms with Crippen molar-refractivity contribution >= 4 is 21.7 Å². The summed E-state index contributed by atoms with van der Waals surface area (Å²) in [6.07, 6.45) is 4.21. The second kappa shape index (κ2) is 4.17.